The van der Waals surface area contributed by atoms with Gasteiger partial charge < -0.3 is 5.32 Å². The number of anilines is 1. The molecule has 0 bridgehead atoms. The molecule has 112 valence electrons. The fraction of sp³-hybridized carbons (Fsp3) is 0.333. The van der Waals surface area contributed by atoms with Gasteiger partial charge >= 0.3 is 0 Å². The number of amides is 1. The highest BCUT2D eigenvalue weighted by atomic mass is 79.9. The highest BCUT2D eigenvalue weighted by Crippen LogP contribution is 2.21. The summed E-state index contributed by atoms with van der Waals surface area (Å²) in [5.41, 5.74) is 2.34. The number of carbonyl (C=O) groups is 1. The van der Waals surface area contributed by atoms with E-state index in [0.717, 1.165) is 15.9 Å². The molecule has 0 aliphatic heterocycles. The zero-order valence-corrected chi connectivity index (χ0v) is 13.7. The van der Waals surface area contributed by atoms with E-state index >= 15 is 0 Å². The van der Waals surface area contributed by atoms with E-state index in [1.54, 1.807) is 16.8 Å². The Bertz CT molecular complexity index is 669. The van der Waals surface area contributed by atoms with Gasteiger partial charge in [0.1, 0.15) is 5.82 Å². The lowest BCUT2D eigenvalue weighted by atomic mass is 10.1. The average molecular weight is 354 g/mol. The quantitative estimate of drug-likeness (QED) is 0.911. The van der Waals surface area contributed by atoms with Crippen molar-refractivity contribution in [3.63, 3.8) is 0 Å². The fourth-order valence-electron chi connectivity index (χ4n) is 2.03. The van der Waals surface area contributed by atoms with E-state index in [4.69, 9.17) is 0 Å². The van der Waals surface area contributed by atoms with Crippen molar-refractivity contribution in [2.24, 2.45) is 5.92 Å². The summed E-state index contributed by atoms with van der Waals surface area (Å²) in [6.07, 6.45) is 0. The van der Waals surface area contributed by atoms with Gasteiger partial charge in [-0.05, 0) is 48.0 Å². The van der Waals surface area contributed by atoms with Gasteiger partial charge in [-0.2, -0.15) is 5.10 Å². The van der Waals surface area contributed by atoms with Crippen molar-refractivity contribution in [2.75, 3.05) is 5.32 Å². The summed E-state index contributed by atoms with van der Waals surface area (Å²) in [6.45, 7) is 6.14. The standard InChI is InChI=1S/C15H17BrFN3O/c1-9(8-20-11(3)14(16)10(2)19-20)15(21)18-13-6-4-5-12(17)7-13/h4-7,9H,8H2,1-3H3,(H,18,21)/t9-/m1/s1. The molecule has 0 aliphatic carbocycles. The second-order valence-corrected chi connectivity index (χ2v) is 5.86. The van der Waals surface area contributed by atoms with E-state index in [-0.39, 0.29) is 17.6 Å². The minimum absolute atomic E-state index is 0.163. The summed E-state index contributed by atoms with van der Waals surface area (Å²) in [6, 6.07) is 5.86. The van der Waals surface area contributed by atoms with E-state index in [1.165, 1.54) is 12.1 Å². The molecule has 2 aromatic rings. The van der Waals surface area contributed by atoms with Crippen molar-refractivity contribution in [3.8, 4) is 0 Å². The van der Waals surface area contributed by atoms with Crippen LogP contribution in [0.1, 0.15) is 18.3 Å². The molecule has 0 saturated carbocycles. The smallest absolute Gasteiger partial charge is 0.229 e. The maximum atomic E-state index is 13.1. The normalized spacial score (nSPS) is 12.2. The van der Waals surface area contributed by atoms with Crippen LogP contribution in [0.4, 0.5) is 10.1 Å². The third-order valence-corrected chi connectivity index (χ3v) is 4.43. The van der Waals surface area contributed by atoms with Crippen LogP contribution in [-0.2, 0) is 11.3 Å². The summed E-state index contributed by atoms with van der Waals surface area (Å²) in [5, 5.41) is 7.09. The number of benzene rings is 1. The summed E-state index contributed by atoms with van der Waals surface area (Å²) < 4.78 is 15.9. The summed E-state index contributed by atoms with van der Waals surface area (Å²) in [5.74, 6) is -0.814. The van der Waals surface area contributed by atoms with Gasteiger partial charge in [-0.15, -0.1) is 0 Å². The van der Waals surface area contributed by atoms with Crippen LogP contribution in [-0.4, -0.2) is 15.7 Å². The SMILES string of the molecule is Cc1nn(C[C@@H](C)C(=O)Nc2cccc(F)c2)c(C)c1Br. The maximum Gasteiger partial charge on any atom is 0.229 e. The summed E-state index contributed by atoms with van der Waals surface area (Å²) in [7, 11) is 0. The van der Waals surface area contributed by atoms with Crippen LogP contribution in [0.3, 0.4) is 0 Å². The third-order valence-electron chi connectivity index (χ3n) is 3.28. The molecule has 1 aromatic carbocycles. The van der Waals surface area contributed by atoms with E-state index in [9.17, 15) is 9.18 Å². The lowest BCUT2D eigenvalue weighted by Gasteiger charge is -2.13. The Morgan fingerprint density at radius 3 is 2.76 bits per heavy atom. The molecule has 0 saturated heterocycles. The van der Waals surface area contributed by atoms with Crippen molar-refractivity contribution in [2.45, 2.75) is 27.3 Å². The van der Waals surface area contributed by atoms with E-state index in [0.29, 0.717) is 12.2 Å². The average Bonchev–Trinajstić information content (AvgIpc) is 2.66. The molecule has 0 radical (unpaired) electrons. The molecule has 1 amide bonds. The second kappa shape index (κ2) is 6.39. The third kappa shape index (κ3) is 3.69. The number of hydrogen-bond donors (Lipinski definition) is 1. The van der Waals surface area contributed by atoms with Crippen molar-refractivity contribution >= 4 is 27.5 Å². The van der Waals surface area contributed by atoms with Crippen molar-refractivity contribution in [3.05, 3.63) is 45.9 Å². The number of carbonyl (C=O) groups excluding carboxylic acids is 1. The summed E-state index contributed by atoms with van der Waals surface area (Å²) in [4.78, 5) is 12.1. The lowest BCUT2D eigenvalue weighted by Crippen LogP contribution is -2.25. The number of nitrogens with one attached hydrogen (secondary N) is 1. The number of aryl methyl sites for hydroxylation is 1. The Balaban J connectivity index is 2.04. The molecule has 2 rings (SSSR count). The minimum atomic E-state index is -0.372. The van der Waals surface area contributed by atoms with Gasteiger partial charge in [0.05, 0.1) is 22.6 Å². The predicted molar refractivity (Wildman–Crippen MR) is 83.6 cm³/mol. The molecule has 4 nitrogen and oxygen atoms in total. The molecule has 1 N–H and O–H groups in total. The van der Waals surface area contributed by atoms with Crippen LogP contribution < -0.4 is 5.32 Å². The van der Waals surface area contributed by atoms with Crippen LogP contribution in [0.15, 0.2) is 28.7 Å². The van der Waals surface area contributed by atoms with E-state index < -0.39 is 0 Å². The Morgan fingerprint density at radius 1 is 1.48 bits per heavy atom. The molecule has 0 fully saturated rings. The van der Waals surface area contributed by atoms with Gasteiger partial charge in [-0.3, -0.25) is 9.48 Å². The molecule has 6 heteroatoms. The molecule has 1 heterocycles. The van der Waals surface area contributed by atoms with Gasteiger partial charge in [0, 0.05) is 11.4 Å². The van der Waals surface area contributed by atoms with Gasteiger partial charge in [-0.25, -0.2) is 4.39 Å². The lowest BCUT2D eigenvalue weighted by molar-refractivity contribution is -0.119. The highest BCUT2D eigenvalue weighted by Gasteiger charge is 2.17. The van der Waals surface area contributed by atoms with Gasteiger partial charge in [0.25, 0.3) is 0 Å². The molecule has 21 heavy (non-hydrogen) atoms. The first kappa shape index (κ1) is 15.7. The van der Waals surface area contributed by atoms with Crippen molar-refractivity contribution in [1.29, 1.82) is 0 Å². The fourth-order valence-corrected chi connectivity index (χ4v) is 2.31. The largest absolute Gasteiger partial charge is 0.326 e. The number of nitrogens with zero attached hydrogens (tertiary/aromatic N) is 2. The molecule has 0 aliphatic rings. The molecule has 0 spiro atoms. The highest BCUT2D eigenvalue weighted by molar-refractivity contribution is 9.10. The Kier molecular flexibility index (Phi) is 4.77. The molecular weight excluding hydrogens is 337 g/mol. The molecule has 0 unspecified atom stereocenters. The second-order valence-electron chi connectivity index (χ2n) is 5.07. The number of halogens is 2. The van der Waals surface area contributed by atoms with Crippen molar-refractivity contribution < 1.29 is 9.18 Å². The van der Waals surface area contributed by atoms with Crippen LogP contribution in [0.2, 0.25) is 0 Å². The molecule has 1 aromatic heterocycles. The number of hydrogen-bond acceptors (Lipinski definition) is 2. The first-order chi connectivity index (χ1) is 9.88. The van der Waals surface area contributed by atoms with Crippen molar-refractivity contribution in [1.82, 2.24) is 9.78 Å². The zero-order chi connectivity index (χ0) is 15.6. The molecule has 1 atom stereocenters. The Hall–Kier alpha value is -1.69. The molecular formula is C15H17BrFN3O. The first-order valence-electron chi connectivity index (χ1n) is 6.64. The van der Waals surface area contributed by atoms with Gasteiger partial charge in [0.15, 0.2) is 0 Å². The van der Waals surface area contributed by atoms with Crippen LogP contribution >= 0.6 is 15.9 Å². The Morgan fingerprint density at radius 2 is 2.19 bits per heavy atom. The number of rotatable bonds is 4. The van der Waals surface area contributed by atoms with Gasteiger partial charge in [-0.1, -0.05) is 13.0 Å². The number of aromatic nitrogens is 2. The maximum absolute atomic E-state index is 13.1. The Labute approximate surface area is 131 Å². The van der Waals surface area contributed by atoms with E-state index in [1.807, 2.05) is 20.8 Å². The van der Waals surface area contributed by atoms with Crippen LogP contribution in [0.25, 0.3) is 0 Å². The van der Waals surface area contributed by atoms with Crippen LogP contribution in [0.5, 0.6) is 0 Å². The topological polar surface area (TPSA) is 46.9 Å². The zero-order valence-electron chi connectivity index (χ0n) is 12.2. The monoisotopic (exact) mass is 353 g/mol. The van der Waals surface area contributed by atoms with Gasteiger partial charge in [0.2, 0.25) is 5.91 Å². The first-order valence-corrected chi connectivity index (χ1v) is 7.43. The minimum Gasteiger partial charge on any atom is -0.326 e. The van der Waals surface area contributed by atoms with Crippen LogP contribution in [0, 0.1) is 25.6 Å². The van der Waals surface area contributed by atoms with E-state index in [2.05, 4.69) is 26.3 Å². The predicted octanol–water partition coefficient (Wildman–Crippen LogP) is 3.68. The summed E-state index contributed by atoms with van der Waals surface area (Å²) >= 11 is 3.46.